The van der Waals surface area contributed by atoms with Crippen molar-refractivity contribution in [3.63, 3.8) is 0 Å². The first-order valence-corrected chi connectivity index (χ1v) is 11.8. The Morgan fingerprint density at radius 1 is 1.10 bits per heavy atom. The molecule has 9 heteroatoms. The summed E-state index contributed by atoms with van der Waals surface area (Å²) in [5.74, 6) is 0.273. The van der Waals surface area contributed by atoms with Crippen LogP contribution in [0, 0.1) is 17.7 Å². The third kappa shape index (κ3) is 7.95. The molecule has 0 spiro atoms. The zero-order chi connectivity index (χ0) is 22.4. The monoisotopic (exact) mass is 462 g/mol. The highest BCUT2D eigenvalue weighted by molar-refractivity contribution is 7.99. The summed E-state index contributed by atoms with van der Waals surface area (Å²) < 4.78 is 51.1. The molecule has 0 aromatic heterocycles. The topological polar surface area (TPSA) is 43.8 Å². The molecule has 0 amide bonds. The molecule has 1 aromatic carbocycles. The zero-order valence-electron chi connectivity index (χ0n) is 17.5. The van der Waals surface area contributed by atoms with Crippen molar-refractivity contribution in [2.45, 2.75) is 49.2 Å². The molecule has 1 aromatic rings. The Balaban J connectivity index is 1.35. The number of likely N-dealkylation sites (tertiary alicyclic amines) is 2. The lowest BCUT2D eigenvalue weighted by atomic mass is 9.93. The largest absolute Gasteiger partial charge is 0.480 e. The van der Waals surface area contributed by atoms with Crippen LogP contribution in [0.3, 0.4) is 0 Å². The molecule has 1 N–H and O–H groups in total. The number of carboxylic acid groups (broad SMARTS) is 1. The van der Waals surface area contributed by atoms with Crippen molar-refractivity contribution in [1.82, 2.24) is 9.80 Å². The second kappa shape index (κ2) is 11.0. The molecule has 2 aliphatic heterocycles. The third-order valence-electron chi connectivity index (χ3n) is 6.30. The van der Waals surface area contributed by atoms with Crippen LogP contribution >= 0.6 is 11.8 Å². The molecule has 0 bridgehead atoms. The fourth-order valence-corrected chi connectivity index (χ4v) is 5.60. The Labute approximate surface area is 185 Å². The van der Waals surface area contributed by atoms with Gasteiger partial charge in [0.2, 0.25) is 0 Å². The van der Waals surface area contributed by atoms with Gasteiger partial charge in [-0.2, -0.15) is 13.2 Å². The van der Waals surface area contributed by atoms with E-state index in [1.54, 1.807) is 23.9 Å². The summed E-state index contributed by atoms with van der Waals surface area (Å²) in [4.78, 5) is 16.3. The quantitative estimate of drug-likeness (QED) is 0.424. The lowest BCUT2D eigenvalue weighted by Gasteiger charge is -2.33. The van der Waals surface area contributed by atoms with Gasteiger partial charge in [0.25, 0.3) is 0 Å². The van der Waals surface area contributed by atoms with E-state index >= 15 is 0 Å². The van der Waals surface area contributed by atoms with Gasteiger partial charge in [0.1, 0.15) is 11.9 Å². The number of thioether (sulfide) groups is 1. The first-order chi connectivity index (χ1) is 14.7. The number of alkyl halides is 3. The van der Waals surface area contributed by atoms with E-state index in [0.29, 0.717) is 19.0 Å². The normalized spacial score (nSPS) is 22.6. The number of carboxylic acids is 1. The lowest BCUT2D eigenvalue weighted by Crippen LogP contribution is -2.43. The number of benzene rings is 1. The van der Waals surface area contributed by atoms with Gasteiger partial charge in [-0.25, -0.2) is 4.39 Å². The average Bonchev–Trinajstić information content (AvgIpc) is 3.16. The van der Waals surface area contributed by atoms with Crippen molar-refractivity contribution in [2.24, 2.45) is 11.8 Å². The standard InChI is InChI=1S/C22H30F4N2O2S/c23-18-1-3-19(4-2-18)31-12-8-16-5-9-27(10-6-16)14-17-7-11-28(15-17)20(21(29)30)13-22(24,25)26/h1-4,16-17,20H,5-15H2,(H,29,30). The van der Waals surface area contributed by atoms with Gasteiger partial charge in [-0.1, -0.05) is 0 Å². The molecular formula is C22H30F4N2O2S. The Bertz CT molecular complexity index is 708. The van der Waals surface area contributed by atoms with Crippen molar-refractivity contribution in [3.8, 4) is 0 Å². The minimum absolute atomic E-state index is 0.221. The number of aliphatic carboxylic acids is 1. The minimum atomic E-state index is -4.47. The second-order valence-electron chi connectivity index (χ2n) is 8.66. The van der Waals surface area contributed by atoms with Gasteiger partial charge in [0, 0.05) is 18.0 Å². The Kier molecular flexibility index (Phi) is 8.64. The number of hydrogen-bond acceptors (Lipinski definition) is 4. The van der Waals surface area contributed by atoms with Gasteiger partial charge in [-0.05, 0) is 87.2 Å². The molecule has 2 atom stereocenters. The Morgan fingerprint density at radius 2 is 1.74 bits per heavy atom. The summed E-state index contributed by atoms with van der Waals surface area (Å²) in [6.45, 7) is 3.61. The van der Waals surface area contributed by atoms with Gasteiger partial charge in [-0.15, -0.1) is 11.8 Å². The number of halogens is 4. The van der Waals surface area contributed by atoms with Crippen molar-refractivity contribution in [1.29, 1.82) is 0 Å². The molecule has 0 aliphatic carbocycles. The van der Waals surface area contributed by atoms with Crippen LogP contribution in [0.15, 0.2) is 29.2 Å². The lowest BCUT2D eigenvalue weighted by molar-refractivity contribution is -0.165. The molecule has 0 radical (unpaired) electrons. The molecule has 3 rings (SSSR count). The van der Waals surface area contributed by atoms with E-state index in [9.17, 15) is 27.5 Å². The van der Waals surface area contributed by atoms with Crippen molar-refractivity contribution in [2.75, 3.05) is 38.5 Å². The molecule has 2 aliphatic rings. The van der Waals surface area contributed by atoms with Crippen LogP contribution in [0.5, 0.6) is 0 Å². The molecule has 2 heterocycles. The van der Waals surface area contributed by atoms with E-state index in [1.165, 1.54) is 17.0 Å². The van der Waals surface area contributed by atoms with Crippen LogP contribution in [-0.4, -0.2) is 71.6 Å². The van der Waals surface area contributed by atoms with E-state index in [4.69, 9.17) is 0 Å². The molecule has 0 saturated carbocycles. The summed E-state index contributed by atoms with van der Waals surface area (Å²) >= 11 is 1.74. The molecule has 2 fully saturated rings. The second-order valence-corrected chi connectivity index (χ2v) is 9.83. The van der Waals surface area contributed by atoms with Gasteiger partial charge in [0.05, 0.1) is 6.42 Å². The van der Waals surface area contributed by atoms with Gasteiger partial charge < -0.3 is 10.0 Å². The van der Waals surface area contributed by atoms with E-state index in [1.807, 2.05) is 0 Å². The van der Waals surface area contributed by atoms with Crippen LogP contribution in [0.25, 0.3) is 0 Å². The maximum absolute atomic E-state index is 13.0. The van der Waals surface area contributed by atoms with Gasteiger partial charge >= 0.3 is 12.1 Å². The number of hydrogen-bond donors (Lipinski definition) is 1. The zero-order valence-corrected chi connectivity index (χ0v) is 18.3. The molecular weight excluding hydrogens is 432 g/mol. The molecule has 174 valence electrons. The van der Waals surface area contributed by atoms with Crippen LogP contribution in [0.2, 0.25) is 0 Å². The molecule has 2 saturated heterocycles. The number of nitrogens with zero attached hydrogens (tertiary/aromatic N) is 2. The summed E-state index contributed by atoms with van der Waals surface area (Å²) in [7, 11) is 0. The van der Waals surface area contributed by atoms with Crippen molar-refractivity contribution < 1.29 is 27.5 Å². The Hall–Kier alpha value is -1.32. The molecule has 4 nitrogen and oxygen atoms in total. The van der Waals surface area contributed by atoms with E-state index in [-0.39, 0.29) is 11.7 Å². The van der Waals surface area contributed by atoms with Gasteiger partial charge in [0.15, 0.2) is 0 Å². The Morgan fingerprint density at radius 3 is 2.35 bits per heavy atom. The van der Waals surface area contributed by atoms with E-state index in [0.717, 1.165) is 56.0 Å². The average molecular weight is 463 g/mol. The fraction of sp³-hybridized carbons (Fsp3) is 0.682. The van der Waals surface area contributed by atoms with Crippen LogP contribution < -0.4 is 0 Å². The predicted molar refractivity (Wildman–Crippen MR) is 113 cm³/mol. The summed E-state index contributed by atoms with van der Waals surface area (Å²) in [5, 5.41) is 9.22. The minimum Gasteiger partial charge on any atom is -0.480 e. The highest BCUT2D eigenvalue weighted by Gasteiger charge is 2.41. The van der Waals surface area contributed by atoms with E-state index in [2.05, 4.69) is 4.90 Å². The number of rotatable bonds is 9. The highest BCUT2D eigenvalue weighted by atomic mass is 32.2. The smallest absolute Gasteiger partial charge is 0.391 e. The van der Waals surface area contributed by atoms with Crippen molar-refractivity contribution in [3.05, 3.63) is 30.1 Å². The van der Waals surface area contributed by atoms with Crippen LogP contribution in [0.1, 0.15) is 32.1 Å². The maximum atomic E-state index is 13.0. The first kappa shape index (κ1) is 24.3. The van der Waals surface area contributed by atoms with E-state index < -0.39 is 24.6 Å². The summed E-state index contributed by atoms with van der Waals surface area (Å²) in [6.07, 6.45) is -1.70. The van der Waals surface area contributed by atoms with Gasteiger partial charge in [-0.3, -0.25) is 9.69 Å². The summed E-state index contributed by atoms with van der Waals surface area (Å²) in [5.41, 5.74) is 0. The number of piperidine rings is 1. The SMILES string of the molecule is O=C(O)C(CC(F)(F)F)N1CCC(CN2CCC(CCSc3ccc(F)cc3)CC2)C1. The predicted octanol–water partition coefficient (Wildman–Crippen LogP) is 4.75. The maximum Gasteiger partial charge on any atom is 0.391 e. The summed E-state index contributed by atoms with van der Waals surface area (Å²) in [6, 6.07) is 5.09. The van der Waals surface area contributed by atoms with Crippen LogP contribution in [-0.2, 0) is 4.79 Å². The third-order valence-corrected chi connectivity index (χ3v) is 7.35. The number of carbonyl (C=O) groups is 1. The molecule has 31 heavy (non-hydrogen) atoms. The highest BCUT2D eigenvalue weighted by Crippen LogP contribution is 2.30. The molecule has 2 unspecified atom stereocenters. The fourth-order valence-electron chi connectivity index (χ4n) is 4.58. The first-order valence-electron chi connectivity index (χ1n) is 10.8. The van der Waals surface area contributed by atoms with Crippen molar-refractivity contribution >= 4 is 17.7 Å². The van der Waals surface area contributed by atoms with Crippen LogP contribution in [0.4, 0.5) is 17.6 Å².